The molecule has 8 heteroatoms. The van der Waals surface area contributed by atoms with Gasteiger partial charge in [-0.15, -0.1) is 28.2 Å². The molecule has 0 unspecified atom stereocenters. The van der Waals surface area contributed by atoms with Gasteiger partial charge in [0.05, 0.1) is 10.6 Å². The number of aromatic carboxylic acids is 1. The molecule has 4 rings (SSSR count). The van der Waals surface area contributed by atoms with Gasteiger partial charge in [0.15, 0.2) is 0 Å². The molecule has 0 bridgehead atoms. The van der Waals surface area contributed by atoms with E-state index in [0.717, 1.165) is 62.8 Å². The summed E-state index contributed by atoms with van der Waals surface area (Å²) in [5, 5.41) is 19.8. The molecule has 1 aliphatic heterocycles. The SMILES string of the molecule is CC(C)(C)C#Cc1cc(N(C(=O)[C@H]2CC[C@H](C)CC2)[C@H]2CC[C@H](SC3=NN=CC3)CC2)c(C(=O)O)s1. The Morgan fingerprint density at radius 1 is 1.11 bits per heavy atom. The first-order valence-electron chi connectivity index (χ1n) is 13.1. The maximum absolute atomic E-state index is 14.0. The molecule has 3 aliphatic rings. The van der Waals surface area contributed by atoms with Gasteiger partial charge >= 0.3 is 5.97 Å². The molecule has 6 nitrogen and oxygen atoms in total. The van der Waals surface area contributed by atoms with Crippen LogP contribution in [0, 0.1) is 29.1 Å². The molecule has 2 fully saturated rings. The Morgan fingerprint density at radius 3 is 2.39 bits per heavy atom. The van der Waals surface area contributed by atoms with E-state index in [2.05, 4.69) is 29.0 Å². The highest BCUT2D eigenvalue weighted by molar-refractivity contribution is 8.14. The van der Waals surface area contributed by atoms with Crippen molar-refractivity contribution in [2.75, 3.05) is 4.90 Å². The molecule has 36 heavy (non-hydrogen) atoms. The summed E-state index contributed by atoms with van der Waals surface area (Å²) in [5.41, 5.74) is 0.353. The normalized spacial score (nSPS) is 26.2. The Labute approximate surface area is 223 Å². The number of carbonyl (C=O) groups excluding carboxylic acids is 1. The highest BCUT2D eigenvalue weighted by Crippen LogP contribution is 2.40. The first kappa shape index (κ1) is 26.9. The number of anilines is 1. The summed E-state index contributed by atoms with van der Waals surface area (Å²) in [4.78, 5) is 29.1. The Hall–Kier alpha value is -2.11. The number of rotatable bonds is 5. The number of hydrogen-bond donors (Lipinski definition) is 1. The van der Waals surface area contributed by atoms with E-state index in [1.165, 1.54) is 11.3 Å². The van der Waals surface area contributed by atoms with Crippen molar-refractivity contribution >= 4 is 51.9 Å². The van der Waals surface area contributed by atoms with Gasteiger partial charge in [0.1, 0.15) is 9.92 Å². The first-order chi connectivity index (χ1) is 17.1. The number of amides is 1. The smallest absolute Gasteiger partial charge is 0.348 e. The van der Waals surface area contributed by atoms with Crippen molar-refractivity contribution in [2.45, 2.75) is 96.8 Å². The first-order valence-corrected chi connectivity index (χ1v) is 14.8. The molecule has 0 radical (unpaired) electrons. The van der Waals surface area contributed by atoms with Crippen LogP contribution in [0.15, 0.2) is 16.3 Å². The number of hydrogen-bond acceptors (Lipinski definition) is 6. The summed E-state index contributed by atoms with van der Waals surface area (Å²) < 4.78 is 0. The molecule has 1 amide bonds. The minimum absolute atomic E-state index is 0.00610. The van der Waals surface area contributed by atoms with Crippen LogP contribution in [-0.4, -0.2) is 39.5 Å². The molecule has 1 aromatic rings. The second-order valence-corrected chi connectivity index (χ2v) is 13.8. The Kier molecular flexibility index (Phi) is 8.62. The number of thiophene rings is 1. The largest absolute Gasteiger partial charge is 0.477 e. The number of carboxylic acids is 1. The summed E-state index contributed by atoms with van der Waals surface area (Å²) in [6.45, 7) is 8.35. The molecule has 1 aromatic heterocycles. The zero-order chi connectivity index (χ0) is 25.9. The van der Waals surface area contributed by atoms with Crippen LogP contribution in [0.25, 0.3) is 0 Å². The lowest BCUT2D eigenvalue weighted by Gasteiger charge is -2.39. The standard InChI is InChI=1S/C28H37N3O3S2/c1-18-5-7-19(8-6-18)26(32)31(20-9-11-21(12-10-20)35-24-14-16-29-30-24)23-17-22(13-15-28(2,3)4)36-25(23)27(33)34/h16-21H,5-12,14H2,1-4H3,(H,33,34)/t18-,19-,20-,21-. The fourth-order valence-corrected chi connectivity index (χ4v) is 7.17. The molecule has 0 atom stereocenters. The number of thioether (sulfide) groups is 1. The van der Waals surface area contributed by atoms with Crippen molar-refractivity contribution in [2.24, 2.45) is 27.5 Å². The third-order valence-corrected chi connectivity index (χ3v) is 9.51. The number of carbonyl (C=O) groups is 2. The van der Waals surface area contributed by atoms with Crippen LogP contribution in [0.5, 0.6) is 0 Å². The molecule has 0 spiro atoms. The van der Waals surface area contributed by atoms with Gasteiger partial charge in [-0.05, 0) is 84.1 Å². The van der Waals surface area contributed by atoms with E-state index in [0.29, 0.717) is 21.7 Å². The quantitative estimate of drug-likeness (QED) is 0.425. The van der Waals surface area contributed by atoms with E-state index in [-0.39, 0.29) is 28.2 Å². The molecule has 1 N–H and O–H groups in total. The van der Waals surface area contributed by atoms with Crippen molar-refractivity contribution < 1.29 is 14.7 Å². The van der Waals surface area contributed by atoms with Crippen LogP contribution in [0.3, 0.4) is 0 Å². The van der Waals surface area contributed by atoms with Crippen molar-refractivity contribution in [1.82, 2.24) is 0 Å². The molecule has 0 saturated heterocycles. The average Bonchev–Trinajstić information content (AvgIpc) is 3.49. The number of carboxylic acid groups (broad SMARTS) is 1. The van der Waals surface area contributed by atoms with Crippen LogP contribution in [0.2, 0.25) is 0 Å². The summed E-state index contributed by atoms with van der Waals surface area (Å²) in [7, 11) is 0. The topological polar surface area (TPSA) is 82.3 Å². The van der Waals surface area contributed by atoms with Crippen LogP contribution in [0.4, 0.5) is 5.69 Å². The fourth-order valence-electron chi connectivity index (χ4n) is 5.17. The van der Waals surface area contributed by atoms with E-state index < -0.39 is 5.97 Å². The summed E-state index contributed by atoms with van der Waals surface area (Å²) in [5.74, 6) is 6.10. The zero-order valence-corrected chi connectivity index (χ0v) is 23.4. The van der Waals surface area contributed by atoms with E-state index >= 15 is 0 Å². The van der Waals surface area contributed by atoms with Crippen molar-refractivity contribution in [1.29, 1.82) is 0 Å². The fraction of sp³-hybridized carbons (Fsp3) is 0.643. The van der Waals surface area contributed by atoms with Crippen molar-refractivity contribution in [3.63, 3.8) is 0 Å². The Balaban J connectivity index is 1.61. The van der Waals surface area contributed by atoms with Gasteiger partial charge in [0.2, 0.25) is 5.91 Å². The average molecular weight is 528 g/mol. The molecular formula is C28H37N3O3S2. The van der Waals surface area contributed by atoms with Gasteiger partial charge in [0.25, 0.3) is 0 Å². The van der Waals surface area contributed by atoms with Gasteiger partial charge in [-0.1, -0.05) is 18.8 Å². The molecule has 194 valence electrons. The van der Waals surface area contributed by atoms with Crippen LogP contribution in [0.1, 0.15) is 100 Å². The molecule has 2 saturated carbocycles. The molecular weight excluding hydrogens is 490 g/mol. The minimum atomic E-state index is -0.989. The second kappa shape index (κ2) is 11.5. The van der Waals surface area contributed by atoms with Gasteiger partial charge in [-0.3, -0.25) is 4.79 Å². The summed E-state index contributed by atoms with van der Waals surface area (Å²) in [6, 6.07) is 1.85. The van der Waals surface area contributed by atoms with Crippen molar-refractivity contribution in [3.8, 4) is 11.8 Å². The predicted molar refractivity (Wildman–Crippen MR) is 150 cm³/mol. The third-order valence-electron chi connectivity index (χ3n) is 7.16. The van der Waals surface area contributed by atoms with Gasteiger partial charge in [-0.2, -0.15) is 5.10 Å². The maximum atomic E-state index is 14.0. The summed E-state index contributed by atoms with van der Waals surface area (Å²) in [6.07, 6.45) is 10.2. The molecule has 0 aromatic carbocycles. The van der Waals surface area contributed by atoms with E-state index in [9.17, 15) is 14.7 Å². The van der Waals surface area contributed by atoms with E-state index in [4.69, 9.17) is 0 Å². The van der Waals surface area contributed by atoms with Crippen LogP contribution >= 0.6 is 23.1 Å². The number of nitrogens with zero attached hydrogens (tertiary/aromatic N) is 3. The van der Waals surface area contributed by atoms with Crippen molar-refractivity contribution in [3.05, 3.63) is 15.8 Å². The summed E-state index contributed by atoms with van der Waals surface area (Å²) >= 11 is 2.99. The van der Waals surface area contributed by atoms with Crippen LogP contribution in [-0.2, 0) is 4.79 Å². The molecule has 2 aliphatic carbocycles. The lowest BCUT2D eigenvalue weighted by Crippen LogP contribution is -2.46. The zero-order valence-electron chi connectivity index (χ0n) is 21.7. The molecule has 2 heterocycles. The Morgan fingerprint density at radius 2 is 1.81 bits per heavy atom. The van der Waals surface area contributed by atoms with E-state index in [1.807, 2.05) is 38.0 Å². The second-order valence-electron chi connectivity index (χ2n) is 11.3. The van der Waals surface area contributed by atoms with Crippen LogP contribution < -0.4 is 4.90 Å². The maximum Gasteiger partial charge on any atom is 0.348 e. The monoisotopic (exact) mass is 527 g/mol. The van der Waals surface area contributed by atoms with Gasteiger partial charge in [0, 0.05) is 35.3 Å². The lowest BCUT2D eigenvalue weighted by molar-refractivity contribution is -0.124. The third kappa shape index (κ3) is 6.80. The highest BCUT2D eigenvalue weighted by Gasteiger charge is 2.37. The Bertz CT molecular complexity index is 1090. The van der Waals surface area contributed by atoms with Gasteiger partial charge in [-0.25, -0.2) is 4.79 Å². The van der Waals surface area contributed by atoms with Gasteiger partial charge < -0.3 is 10.0 Å². The minimum Gasteiger partial charge on any atom is -0.477 e. The predicted octanol–water partition coefficient (Wildman–Crippen LogP) is 6.84. The highest BCUT2D eigenvalue weighted by atomic mass is 32.2. The van der Waals surface area contributed by atoms with E-state index in [1.54, 1.807) is 11.8 Å². The lowest BCUT2D eigenvalue weighted by atomic mass is 9.81.